The molecule has 0 fully saturated rings. The largest absolute Gasteiger partial charge is 0.482 e. The van der Waals surface area contributed by atoms with Gasteiger partial charge in [0.1, 0.15) is 30.5 Å². The van der Waals surface area contributed by atoms with Crippen molar-refractivity contribution >= 4 is 22.3 Å². The molecule has 16 heteroatoms. The summed E-state index contributed by atoms with van der Waals surface area (Å²) in [6.07, 6.45) is -1.90. The van der Waals surface area contributed by atoms with Crippen LogP contribution in [0, 0.1) is 0 Å². The van der Waals surface area contributed by atoms with Gasteiger partial charge in [0.25, 0.3) is 0 Å². The van der Waals surface area contributed by atoms with Crippen LogP contribution in [-0.2, 0) is 28.9 Å². The number of hydrogen-bond donors (Lipinski definition) is 2. The first kappa shape index (κ1) is 26.2. The fraction of sp³-hybridized carbons (Fsp3) is 0.438. The van der Waals surface area contributed by atoms with E-state index in [0.717, 1.165) is 6.08 Å². The maximum absolute atomic E-state index is 13.4. The molecule has 1 aliphatic heterocycles. The highest BCUT2D eigenvalue weighted by molar-refractivity contribution is 8.45. The topological polar surface area (TPSA) is 96.5 Å². The van der Waals surface area contributed by atoms with Gasteiger partial charge in [0, 0.05) is 5.56 Å². The molecule has 0 aromatic heterocycles. The number of fused-ring (bicyclic) bond motifs is 1. The fourth-order valence-electron chi connectivity index (χ4n) is 2.48. The minimum Gasteiger partial charge on any atom is -0.482 e. The van der Waals surface area contributed by atoms with E-state index in [-0.39, 0.29) is 31.1 Å². The van der Waals surface area contributed by atoms with Gasteiger partial charge in [0.05, 0.1) is 19.8 Å². The minimum atomic E-state index is -9.99. The number of alkyl halides is 1. The van der Waals surface area contributed by atoms with Crippen LogP contribution in [0.4, 0.5) is 23.8 Å². The maximum Gasteiger partial charge on any atom is 0.338 e. The molecule has 1 heterocycles. The lowest BCUT2D eigenvalue weighted by molar-refractivity contribution is -0.206. The minimum absolute atomic E-state index is 0.118. The molecule has 0 saturated carbocycles. The third-order valence-corrected chi connectivity index (χ3v) is 4.97. The van der Waals surface area contributed by atoms with Crippen molar-refractivity contribution in [3.8, 4) is 5.75 Å². The molecule has 1 aromatic rings. The van der Waals surface area contributed by atoms with Crippen LogP contribution in [0.25, 0.3) is 6.08 Å². The highest BCUT2D eigenvalue weighted by Crippen LogP contribution is 3.02. The average Bonchev–Trinajstić information content (AvgIpc) is 2.70. The van der Waals surface area contributed by atoms with E-state index in [0.29, 0.717) is 6.07 Å². The van der Waals surface area contributed by atoms with E-state index in [1.54, 1.807) is 0 Å². The van der Waals surface area contributed by atoms with Gasteiger partial charge in [-0.05, 0) is 24.3 Å². The number of carbonyl (C=O) groups is 1. The van der Waals surface area contributed by atoms with Crippen molar-refractivity contribution in [2.24, 2.45) is 0 Å². The number of carbonyl (C=O) groups excluding carboxylic acids is 1. The molecule has 0 radical (unpaired) electrons. The number of esters is 1. The second-order valence-electron chi connectivity index (χ2n) is 6.25. The number of rotatable bonds is 12. The molecule has 0 spiro atoms. The molecule has 2 rings (SSSR count). The van der Waals surface area contributed by atoms with Gasteiger partial charge >= 0.3 is 16.2 Å². The van der Waals surface area contributed by atoms with Crippen LogP contribution in [-0.4, -0.2) is 52.3 Å². The fourth-order valence-corrected chi connectivity index (χ4v) is 3.15. The molecule has 1 atom stereocenters. The van der Waals surface area contributed by atoms with Gasteiger partial charge in [-0.2, -0.15) is 0 Å². The number of nitrogens with one attached hydrogen (secondary N) is 2. The van der Waals surface area contributed by atoms with Gasteiger partial charge in [-0.1, -0.05) is 30.7 Å². The summed E-state index contributed by atoms with van der Waals surface area (Å²) >= 11 is 0. The van der Waals surface area contributed by atoms with Crippen LogP contribution in [0.1, 0.15) is 5.56 Å². The van der Waals surface area contributed by atoms with Crippen LogP contribution in [0.5, 0.6) is 5.75 Å². The molecular weight excluding hydrogens is 478 g/mol. The van der Waals surface area contributed by atoms with Gasteiger partial charge in [-0.3, -0.25) is 19.4 Å². The molecule has 32 heavy (non-hydrogen) atoms. The Morgan fingerprint density at radius 3 is 2.19 bits per heavy atom. The lowest BCUT2D eigenvalue weighted by Crippen LogP contribution is -2.37. The summed E-state index contributed by atoms with van der Waals surface area (Å²) in [6, 6.07) is 0.873. The van der Waals surface area contributed by atoms with Crippen molar-refractivity contribution in [3.63, 3.8) is 0 Å². The Hall–Kier alpha value is -2.08. The lowest BCUT2D eigenvalue weighted by atomic mass is 10.0. The summed E-state index contributed by atoms with van der Waals surface area (Å²) in [7, 11) is -7.52. The normalized spacial score (nSPS) is 18.3. The Morgan fingerprint density at radius 2 is 1.69 bits per heavy atom. The smallest absolute Gasteiger partial charge is 0.338 e. The predicted molar refractivity (Wildman–Crippen MR) is 98.3 cm³/mol. The van der Waals surface area contributed by atoms with Crippen molar-refractivity contribution in [2.75, 3.05) is 34.1 Å². The highest BCUT2D eigenvalue weighted by atomic mass is 32.5. The van der Waals surface area contributed by atoms with Gasteiger partial charge in [0.15, 0.2) is 12.2 Å². The summed E-state index contributed by atoms with van der Waals surface area (Å²) < 4.78 is 89.3. The molecule has 184 valence electrons. The van der Waals surface area contributed by atoms with E-state index in [1.165, 1.54) is 14.2 Å². The molecule has 0 saturated heterocycles. The number of benzene rings is 1. The van der Waals surface area contributed by atoms with Crippen molar-refractivity contribution in [2.45, 2.75) is 17.1 Å². The van der Waals surface area contributed by atoms with Crippen LogP contribution in [0.2, 0.25) is 0 Å². The SMILES string of the molecule is CONOCC(CONOC)OC(=O)C1=Cc2cc(S(F)(F)(F)(F)F)ccc2OC1CF. The van der Waals surface area contributed by atoms with Crippen molar-refractivity contribution in [1.29, 1.82) is 0 Å². The standard InChI is InChI=1S/C16H20F6N2O7S/c1-26-23-28-8-11(9-29-24-27-2)30-16(25)13-6-10-5-12(32(18,19,20,21)22)3-4-14(10)31-15(13)7-17/h3-6,11,15,23-24H,7-9H2,1-2H3. The maximum atomic E-state index is 13.4. The first-order chi connectivity index (χ1) is 14.8. The van der Waals surface area contributed by atoms with Gasteiger partial charge in [-0.15, -0.1) is 0 Å². The highest BCUT2D eigenvalue weighted by Gasteiger charge is 2.65. The summed E-state index contributed by atoms with van der Waals surface area (Å²) in [4.78, 5) is 28.9. The average molecular weight is 498 g/mol. The number of halogens is 6. The Balaban J connectivity index is 2.29. The third kappa shape index (κ3) is 7.22. The van der Waals surface area contributed by atoms with E-state index < -0.39 is 51.1 Å². The van der Waals surface area contributed by atoms with Gasteiger partial charge in [0.2, 0.25) is 0 Å². The summed E-state index contributed by atoms with van der Waals surface area (Å²) in [5.41, 5.74) is 2.98. The van der Waals surface area contributed by atoms with E-state index >= 15 is 0 Å². The Bertz CT molecular complexity index is 846. The first-order valence-corrected chi connectivity index (χ1v) is 10.6. The first-order valence-electron chi connectivity index (χ1n) is 8.62. The third-order valence-electron chi connectivity index (χ3n) is 3.83. The summed E-state index contributed by atoms with van der Waals surface area (Å²) in [5.74, 6) is -1.52. The Kier molecular flexibility index (Phi) is 7.71. The Morgan fingerprint density at radius 1 is 1.09 bits per heavy atom. The van der Waals surface area contributed by atoms with Crippen molar-refractivity contribution < 1.29 is 57.4 Å². The van der Waals surface area contributed by atoms with E-state index in [4.69, 9.17) is 19.1 Å². The molecule has 0 amide bonds. The molecular formula is C16H20F6N2O7S. The molecule has 0 bridgehead atoms. The van der Waals surface area contributed by atoms with Crippen molar-refractivity contribution in [3.05, 3.63) is 29.3 Å². The second-order valence-corrected chi connectivity index (χ2v) is 8.66. The zero-order valence-electron chi connectivity index (χ0n) is 16.6. The molecule has 1 unspecified atom stereocenters. The monoisotopic (exact) mass is 498 g/mol. The zero-order chi connectivity index (χ0) is 24.1. The lowest BCUT2D eigenvalue weighted by Gasteiger charge is -2.41. The van der Waals surface area contributed by atoms with Crippen LogP contribution in [0.3, 0.4) is 0 Å². The van der Waals surface area contributed by atoms with Gasteiger partial charge in [-0.25, -0.2) is 9.18 Å². The van der Waals surface area contributed by atoms with Crippen LogP contribution in [0.15, 0.2) is 28.7 Å². The van der Waals surface area contributed by atoms with Crippen LogP contribution < -0.4 is 16.0 Å². The van der Waals surface area contributed by atoms with Gasteiger partial charge < -0.3 is 9.47 Å². The zero-order valence-corrected chi connectivity index (χ0v) is 17.4. The van der Waals surface area contributed by atoms with Crippen molar-refractivity contribution in [1.82, 2.24) is 11.3 Å². The Labute approximate surface area is 178 Å². The molecule has 1 aliphatic rings. The summed E-state index contributed by atoms with van der Waals surface area (Å²) in [6.45, 7) is -1.94. The quantitative estimate of drug-likeness (QED) is 0.194. The summed E-state index contributed by atoms with van der Waals surface area (Å²) in [5, 5.41) is 0. The number of ether oxygens (including phenoxy) is 2. The number of hydrogen-bond acceptors (Lipinski definition) is 9. The van der Waals surface area contributed by atoms with E-state index in [2.05, 4.69) is 9.68 Å². The molecule has 2 N–H and O–H groups in total. The van der Waals surface area contributed by atoms with E-state index in [9.17, 15) is 28.6 Å². The molecule has 0 aliphatic carbocycles. The second kappa shape index (κ2) is 9.42. The predicted octanol–water partition coefficient (Wildman–Crippen LogP) is 3.53. The van der Waals surface area contributed by atoms with E-state index in [1.807, 2.05) is 11.3 Å². The van der Waals surface area contributed by atoms with Crippen LogP contribution >= 0.6 is 10.2 Å². The molecule has 9 nitrogen and oxygen atoms in total. The molecule has 1 aromatic carbocycles.